The minimum atomic E-state index is -0.319. The zero-order chi connectivity index (χ0) is 11.4. The van der Waals surface area contributed by atoms with Gasteiger partial charge in [0.2, 0.25) is 5.91 Å². The average Bonchev–Trinajstić information content (AvgIpc) is 2.19. The van der Waals surface area contributed by atoms with Crippen LogP contribution < -0.4 is 5.73 Å². The number of hydrogen-bond donors (Lipinski definition) is 1. The molecule has 1 fully saturated rings. The number of carbonyl (C=O) groups excluding carboxylic acids is 1. The first kappa shape index (κ1) is 12.5. The highest BCUT2D eigenvalue weighted by Gasteiger charge is 2.26. The smallest absolute Gasteiger partial charge is 0.239 e. The van der Waals surface area contributed by atoms with Crippen molar-refractivity contribution in [3.8, 4) is 0 Å². The number of hydrogen-bond acceptors (Lipinski definition) is 2. The van der Waals surface area contributed by atoms with Crippen molar-refractivity contribution >= 4 is 5.91 Å². The lowest BCUT2D eigenvalue weighted by Crippen LogP contribution is -2.47. The van der Waals surface area contributed by atoms with Gasteiger partial charge in [-0.15, -0.1) is 0 Å². The van der Waals surface area contributed by atoms with E-state index in [-0.39, 0.29) is 17.9 Å². The maximum atomic E-state index is 11.9. The molecule has 1 amide bonds. The van der Waals surface area contributed by atoms with Gasteiger partial charge < -0.3 is 10.6 Å². The van der Waals surface area contributed by atoms with Crippen LogP contribution in [-0.4, -0.2) is 30.4 Å². The number of nitrogens with two attached hydrogens (primary N) is 1. The second-order valence-corrected chi connectivity index (χ2v) is 4.93. The van der Waals surface area contributed by atoms with E-state index in [1.165, 1.54) is 19.3 Å². The summed E-state index contributed by atoms with van der Waals surface area (Å²) in [5.74, 6) is 1.11. The number of amides is 1. The summed E-state index contributed by atoms with van der Waals surface area (Å²) in [5.41, 5.74) is 5.92. The molecule has 15 heavy (non-hydrogen) atoms. The van der Waals surface area contributed by atoms with E-state index in [9.17, 15) is 4.79 Å². The standard InChI is InChI=1S/C12H24N2O/c1-4-9(2)11(13)12(15)14(3)8-10-6-5-7-10/h9-11H,4-8,13H2,1-3H3/t9-,11-/m0/s1. The number of rotatable bonds is 5. The van der Waals surface area contributed by atoms with E-state index in [0.717, 1.165) is 18.9 Å². The summed E-state index contributed by atoms with van der Waals surface area (Å²) >= 11 is 0. The van der Waals surface area contributed by atoms with Crippen LogP contribution >= 0.6 is 0 Å². The van der Waals surface area contributed by atoms with Gasteiger partial charge in [-0.3, -0.25) is 4.79 Å². The molecule has 2 atom stereocenters. The van der Waals surface area contributed by atoms with Gasteiger partial charge in [-0.2, -0.15) is 0 Å². The highest BCUT2D eigenvalue weighted by Crippen LogP contribution is 2.27. The molecule has 0 aromatic heterocycles. The zero-order valence-corrected chi connectivity index (χ0v) is 10.2. The maximum Gasteiger partial charge on any atom is 0.239 e. The number of likely N-dealkylation sites (N-methyl/N-ethyl adjacent to an activating group) is 1. The third-order valence-electron chi connectivity index (χ3n) is 3.68. The van der Waals surface area contributed by atoms with E-state index in [1.807, 2.05) is 18.9 Å². The molecule has 1 aliphatic carbocycles. The summed E-state index contributed by atoms with van der Waals surface area (Å²) in [5, 5.41) is 0. The van der Waals surface area contributed by atoms with Crippen LogP contribution in [0.15, 0.2) is 0 Å². The molecule has 0 aromatic carbocycles. The molecule has 0 aliphatic heterocycles. The van der Waals surface area contributed by atoms with Gasteiger partial charge in [0.15, 0.2) is 0 Å². The van der Waals surface area contributed by atoms with Gasteiger partial charge in [0.1, 0.15) is 0 Å². The summed E-state index contributed by atoms with van der Waals surface area (Å²) in [6, 6.07) is -0.319. The normalized spacial score (nSPS) is 20.5. The van der Waals surface area contributed by atoms with Crippen molar-refractivity contribution in [2.75, 3.05) is 13.6 Å². The molecule has 0 radical (unpaired) electrons. The third kappa shape index (κ3) is 3.20. The monoisotopic (exact) mass is 212 g/mol. The molecule has 88 valence electrons. The van der Waals surface area contributed by atoms with Crippen molar-refractivity contribution in [3.63, 3.8) is 0 Å². The van der Waals surface area contributed by atoms with E-state index in [2.05, 4.69) is 6.92 Å². The van der Waals surface area contributed by atoms with Gasteiger partial charge in [-0.25, -0.2) is 0 Å². The average molecular weight is 212 g/mol. The van der Waals surface area contributed by atoms with Crippen molar-refractivity contribution in [2.24, 2.45) is 17.6 Å². The Hall–Kier alpha value is -0.570. The van der Waals surface area contributed by atoms with Crippen LogP contribution in [0.5, 0.6) is 0 Å². The van der Waals surface area contributed by atoms with E-state index in [0.29, 0.717) is 0 Å². The molecule has 0 saturated heterocycles. The summed E-state index contributed by atoms with van der Waals surface area (Å²) in [4.78, 5) is 13.7. The molecule has 0 spiro atoms. The molecule has 2 N–H and O–H groups in total. The lowest BCUT2D eigenvalue weighted by atomic mass is 9.85. The molecule has 3 heteroatoms. The largest absolute Gasteiger partial charge is 0.344 e. The van der Waals surface area contributed by atoms with Crippen LogP contribution in [0.4, 0.5) is 0 Å². The van der Waals surface area contributed by atoms with Crippen molar-refractivity contribution in [1.29, 1.82) is 0 Å². The molecular weight excluding hydrogens is 188 g/mol. The first-order valence-electron chi connectivity index (χ1n) is 6.06. The Bertz CT molecular complexity index is 214. The molecule has 3 nitrogen and oxygen atoms in total. The second kappa shape index (κ2) is 5.50. The Kier molecular flexibility index (Phi) is 4.58. The topological polar surface area (TPSA) is 46.3 Å². The van der Waals surface area contributed by atoms with Crippen molar-refractivity contribution < 1.29 is 4.79 Å². The van der Waals surface area contributed by atoms with Crippen LogP contribution in [-0.2, 0) is 4.79 Å². The predicted molar refractivity (Wildman–Crippen MR) is 62.4 cm³/mol. The SMILES string of the molecule is CC[C@H](C)[C@H](N)C(=O)N(C)CC1CCC1. The van der Waals surface area contributed by atoms with Crippen LogP contribution in [0.1, 0.15) is 39.5 Å². The van der Waals surface area contributed by atoms with Gasteiger partial charge in [-0.1, -0.05) is 26.7 Å². The van der Waals surface area contributed by atoms with Gasteiger partial charge in [-0.05, 0) is 24.7 Å². The van der Waals surface area contributed by atoms with Crippen LogP contribution in [0.3, 0.4) is 0 Å². The minimum Gasteiger partial charge on any atom is -0.344 e. The van der Waals surface area contributed by atoms with Crippen molar-refractivity contribution in [3.05, 3.63) is 0 Å². The Morgan fingerprint density at radius 2 is 2.13 bits per heavy atom. The van der Waals surface area contributed by atoms with E-state index >= 15 is 0 Å². The minimum absolute atomic E-state index is 0.108. The Morgan fingerprint density at radius 3 is 2.53 bits per heavy atom. The molecule has 1 rings (SSSR count). The van der Waals surface area contributed by atoms with E-state index < -0.39 is 0 Å². The van der Waals surface area contributed by atoms with E-state index in [1.54, 1.807) is 0 Å². The fourth-order valence-electron chi connectivity index (χ4n) is 1.90. The summed E-state index contributed by atoms with van der Waals surface area (Å²) in [6.07, 6.45) is 4.83. The highest BCUT2D eigenvalue weighted by molar-refractivity contribution is 5.81. The van der Waals surface area contributed by atoms with Gasteiger partial charge in [0.25, 0.3) is 0 Å². The van der Waals surface area contributed by atoms with Crippen molar-refractivity contribution in [1.82, 2.24) is 4.90 Å². The fourth-order valence-corrected chi connectivity index (χ4v) is 1.90. The number of nitrogens with zero attached hydrogens (tertiary/aromatic N) is 1. The third-order valence-corrected chi connectivity index (χ3v) is 3.68. The molecule has 0 unspecified atom stereocenters. The quantitative estimate of drug-likeness (QED) is 0.752. The van der Waals surface area contributed by atoms with Gasteiger partial charge in [0.05, 0.1) is 6.04 Å². The maximum absolute atomic E-state index is 11.9. The van der Waals surface area contributed by atoms with Gasteiger partial charge in [0, 0.05) is 13.6 Å². The Labute approximate surface area is 93.0 Å². The summed E-state index contributed by atoms with van der Waals surface area (Å²) < 4.78 is 0. The summed E-state index contributed by atoms with van der Waals surface area (Å²) in [6.45, 7) is 5.01. The molecule has 0 heterocycles. The van der Waals surface area contributed by atoms with Crippen molar-refractivity contribution in [2.45, 2.75) is 45.6 Å². The molecule has 0 aromatic rings. The summed E-state index contributed by atoms with van der Waals surface area (Å²) in [7, 11) is 1.88. The molecule has 1 saturated carbocycles. The van der Waals surface area contributed by atoms with Gasteiger partial charge >= 0.3 is 0 Å². The Balaban J connectivity index is 2.36. The zero-order valence-electron chi connectivity index (χ0n) is 10.2. The van der Waals surface area contributed by atoms with Crippen LogP contribution in [0, 0.1) is 11.8 Å². The molecular formula is C12H24N2O. The Morgan fingerprint density at radius 1 is 1.53 bits per heavy atom. The number of carbonyl (C=O) groups is 1. The molecule has 0 bridgehead atoms. The van der Waals surface area contributed by atoms with E-state index in [4.69, 9.17) is 5.73 Å². The van der Waals surface area contributed by atoms with Crippen LogP contribution in [0.25, 0.3) is 0 Å². The first-order valence-corrected chi connectivity index (χ1v) is 6.06. The lowest BCUT2D eigenvalue weighted by Gasteiger charge is -2.32. The second-order valence-electron chi connectivity index (χ2n) is 4.93. The molecule has 1 aliphatic rings. The predicted octanol–water partition coefficient (Wildman–Crippen LogP) is 1.62. The highest BCUT2D eigenvalue weighted by atomic mass is 16.2. The fraction of sp³-hybridized carbons (Fsp3) is 0.917. The lowest BCUT2D eigenvalue weighted by molar-refractivity contribution is -0.133. The van der Waals surface area contributed by atoms with Crippen LogP contribution in [0.2, 0.25) is 0 Å². The first-order chi connectivity index (χ1) is 7.06.